The van der Waals surface area contributed by atoms with Crippen LogP contribution in [0.3, 0.4) is 0 Å². The fourth-order valence-corrected chi connectivity index (χ4v) is 4.87. The largest absolute Gasteiger partial charge is 0.494 e. The van der Waals surface area contributed by atoms with Crippen molar-refractivity contribution >= 4 is 16.8 Å². The van der Waals surface area contributed by atoms with Crippen LogP contribution in [0.4, 0.5) is 4.39 Å². The second-order valence-electron chi connectivity index (χ2n) is 9.36. The van der Waals surface area contributed by atoms with Crippen molar-refractivity contribution in [3.63, 3.8) is 0 Å². The van der Waals surface area contributed by atoms with Crippen LogP contribution in [0.25, 0.3) is 22.2 Å². The SMILES string of the molecule is C=CC(=O)N1CCCC(n2nc(-c3ccc(Oc4cccc(OC)c4F)cc3)c3cncc(OCCC)c32)C1. The maximum atomic E-state index is 14.6. The minimum Gasteiger partial charge on any atom is -0.494 e. The molecule has 0 aliphatic carbocycles. The minimum atomic E-state index is -0.559. The Kier molecular flexibility index (Phi) is 7.76. The van der Waals surface area contributed by atoms with Crippen LogP contribution in [0.15, 0.2) is 67.5 Å². The van der Waals surface area contributed by atoms with Crippen molar-refractivity contribution in [1.82, 2.24) is 19.7 Å². The molecule has 1 aliphatic heterocycles. The van der Waals surface area contributed by atoms with Gasteiger partial charge in [-0.2, -0.15) is 9.49 Å². The number of ether oxygens (including phenoxy) is 3. The summed E-state index contributed by atoms with van der Waals surface area (Å²) in [6.07, 6.45) is 7.47. The Hall–Kier alpha value is -4.40. The molecule has 202 valence electrons. The van der Waals surface area contributed by atoms with E-state index in [1.165, 1.54) is 19.3 Å². The highest BCUT2D eigenvalue weighted by Gasteiger charge is 2.28. The first-order valence-electron chi connectivity index (χ1n) is 13.0. The lowest BCUT2D eigenvalue weighted by Gasteiger charge is -2.32. The molecule has 1 unspecified atom stereocenters. The Morgan fingerprint density at radius 2 is 1.95 bits per heavy atom. The Labute approximate surface area is 226 Å². The molecule has 1 saturated heterocycles. The van der Waals surface area contributed by atoms with Crippen LogP contribution in [-0.4, -0.2) is 52.4 Å². The van der Waals surface area contributed by atoms with Gasteiger partial charge in [0.25, 0.3) is 0 Å². The average Bonchev–Trinajstić information content (AvgIpc) is 3.37. The number of halogens is 1. The summed E-state index contributed by atoms with van der Waals surface area (Å²) < 4.78 is 33.5. The zero-order chi connectivity index (χ0) is 27.4. The van der Waals surface area contributed by atoms with Crippen LogP contribution in [-0.2, 0) is 4.79 Å². The smallest absolute Gasteiger partial charge is 0.246 e. The van der Waals surface area contributed by atoms with Gasteiger partial charge in [0.05, 0.1) is 31.3 Å². The molecule has 5 rings (SSSR count). The molecule has 3 heterocycles. The molecule has 0 spiro atoms. The van der Waals surface area contributed by atoms with Gasteiger partial charge in [-0.05, 0) is 61.7 Å². The number of carbonyl (C=O) groups is 1. The van der Waals surface area contributed by atoms with Crippen LogP contribution in [0, 0.1) is 5.82 Å². The summed E-state index contributed by atoms with van der Waals surface area (Å²) in [4.78, 5) is 18.6. The first-order valence-corrected chi connectivity index (χ1v) is 13.0. The topological polar surface area (TPSA) is 78.7 Å². The molecule has 2 aromatic carbocycles. The van der Waals surface area contributed by atoms with Crippen LogP contribution in [0.2, 0.25) is 0 Å². The molecular weight excluding hydrogens is 499 g/mol. The van der Waals surface area contributed by atoms with Crippen molar-refractivity contribution in [2.24, 2.45) is 0 Å². The highest BCUT2D eigenvalue weighted by molar-refractivity contribution is 5.96. The van der Waals surface area contributed by atoms with Gasteiger partial charge >= 0.3 is 0 Å². The molecule has 4 aromatic rings. The number of nitrogens with zero attached hydrogens (tertiary/aromatic N) is 4. The molecule has 1 amide bonds. The molecule has 1 atom stereocenters. The number of piperidine rings is 1. The summed E-state index contributed by atoms with van der Waals surface area (Å²) in [7, 11) is 1.41. The molecule has 1 aliphatic rings. The second kappa shape index (κ2) is 11.6. The molecule has 9 heteroatoms. The quantitative estimate of drug-likeness (QED) is 0.241. The van der Waals surface area contributed by atoms with E-state index in [0.717, 1.165) is 41.4 Å². The Bertz CT molecular complexity index is 1480. The molecule has 0 N–H and O–H groups in total. The van der Waals surface area contributed by atoms with Gasteiger partial charge in [0.1, 0.15) is 17.0 Å². The van der Waals surface area contributed by atoms with Gasteiger partial charge in [0.15, 0.2) is 17.2 Å². The van der Waals surface area contributed by atoms with Crippen LogP contribution < -0.4 is 14.2 Å². The molecule has 0 radical (unpaired) electrons. The van der Waals surface area contributed by atoms with Crippen LogP contribution in [0.1, 0.15) is 32.2 Å². The van der Waals surface area contributed by atoms with Gasteiger partial charge in [0.2, 0.25) is 11.7 Å². The lowest BCUT2D eigenvalue weighted by atomic mass is 10.1. The van der Waals surface area contributed by atoms with E-state index < -0.39 is 5.82 Å². The minimum absolute atomic E-state index is 0.0241. The molecule has 39 heavy (non-hydrogen) atoms. The summed E-state index contributed by atoms with van der Waals surface area (Å²) >= 11 is 0. The molecular formula is C30H31FN4O4. The second-order valence-corrected chi connectivity index (χ2v) is 9.36. The van der Waals surface area contributed by atoms with E-state index in [-0.39, 0.29) is 23.4 Å². The van der Waals surface area contributed by atoms with E-state index in [1.54, 1.807) is 36.7 Å². The van der Waals surface area contributed by atoms with Crippen molar-refractivity contribution in [1.29, 1.82) is 0 Å². The van der Waals surface area contributed by atoms with Gasteiger partial charge in [-0.3, -0.25) is 14.5 Å². The highest BCUT2D eigenvalue weighted by Crippen LogP contribution is 2.38. The van der Waals surface area contributed by atoms with Gasteiger partial charge in [-0.1, -0.05) is 19.6 Å². The van der Waals surface area contributed by atoms with Crippen LogP contribution in [0.5, 0.6) is 23.0 Å². The van der Waals surface area contributed by atoms with Crippen molar-refractivity contribution in [2.75, 3.05) is 26.8 Å². The number of amides is 1. The third kappa shape index (κ3) is 5.30. The summed E-state index contributed by atoms with van der Waals surface area (Å²) in [6, 6.07) is 12.0. The summed E-state index contributed by atoms with van der Waals surface area (Å²) in [5.41, 5.74) is 2.44. The van der Waals surface area contributed by atoms with E-state index in [0.29, 0.717) is 31.2 Å². The van der Waals surface area contributed by atoms with Crippen molar-refractivity contribution in [3.05, 3.63) is 73.3 Å². The van der Waals surface area contributed by atoms with Gasteiger partial charge in [0, 0.05) is 24.8 Å². The zero-order valence-corrected chi connectivity index (χ0v) is 22.1. The normalized spacial score (nSPS) is 15.3. The van der Waals surface area contributed by atoms with Crippen molar-refractivity contribution in [2.45, 2.75) is 32.2 Å². The van der Waals surface area contributed by atoms with Gasteiger partial charge in [-0.15, -0.1) is 0 Å². The molecule has 1 fully saturated rings. The Morgan fingerprint density at radius 1 is 1.15 bits per heavy atom. The van der Waals surface area contributed by atoms with Crippen molar-refractivity contribution in [3.8, 4) is 34.3 Å². The van der Waals surface area contributed by atoms with E-state index in [4.69, 9.17) is 19.3 Å². The molecule has 8 nitrogen and oxygen atoms in total. The Balaban J connectivity index is 1.51. The predicted molar refractivity (Wildman–Crippen MR) is 147 cm³/mol. The number of benzene rings is 2. The standard InChI is InChI=1S/C30H31FN4O4/c1-4-16-38-26-18-32-17-23-29(33-35(30(23)26)21-8-7-15-34(19-21)27(36)5-2)20-11-13-22(14-12-20)39-25-10-6-9-24(37-3)28(25)31/h5-6,9-14,17-18,21H,2,4,7-8,15-16,19H2,1,3H3. The molecule has 0 bridgehead atoms. The van der Waals surface area contributed by atoms with E-state index in [9.17, 15) is 9.18 Å². The Morgan fingerprint density at radius 3 is 2.69 bits per heavy atom. The zero-order valence-electron chi connectivity index (χ0n) is 22.1. The number of likely N-dealkylation sites (tertiary alicyclic amines) is 1. The number of methoxy groups -OCH3 is 1. The third-order valence-electron chi connectivity index (χ3n) is 6.77. The number of hydrogen-bond donors (Lipinski definition) is 0. The number of rotatable bonds is 9. The van der Waals surface area contributed by atoms with E-state index in [1.807, 2.05) is 21.7 Å². The lowest BCUT2D eigenvalue weighted by Crippen LogP contribution is -2.40. The maximum Gasteiger partial charge on any atom is 0.246 e. The van der Waals surface area contributed by atoms with Crippen molar-refractivity contribution < 1.29 is 23.4 Å². The number of fused-ring (bicyclic) bond motifs is 1. The third-order valence-corrected chi connectivity index (χ3v) is 6.77. The first kappa shape index (κ1) is 26.2. The predicted octanol–water partition coefficient (Wildman–Crippen LogP) is 6.18. The van der Waals surface area contributed by atoms with Gasteiger partial charge in [-0.25, -0.2) is 0 Å². The lowest BCUT2D eigenvalue weighted by molar-refractivity contribution is -0.127. The van der Waals surface area contributed by atoms with E-state index >= 15 is 0 Å². The van der Waals surface area contributed by atoms with E-state index in [2.05, 4.69) is 18.5 Å². The fraction of sp³-hybridized carbons (Fsp3) is 0.300. The summed E-state index contributed by atoms with van der Waals surface area (Å²) in [5, 5.41) is 5.89. The monoisotopic (exact) mass is 530 g/mol. The average molecular weight is 531 g/mol. The van der Waals surface area contributed by atoms with Gasteiger partial charge < -0.3 is 19.1 Å². The number of hydrogen-bond acceptors (Lipinski definition) is 6. The summed E-state index contributed by atoms with van der Waals surface area (Å²) in [6.45, 7) is 7.49. The molecule has 2 aromatic heterocycles. The van der Waals surface area contributed by atoms with Crippen LogP contribution >= 0.6 is 0 Å². The highest BCUT2D eigenvalue weighted by atomic mass is 19.1. The number of carbonyl (C=O) groups excluding carboxylic acids is 1. The maximum absolute atomic E-state index is 14.6. The number of aromatic nitrogens is 3. The fourth-order valence-electron chi connectivity index (χ4n) is 4.87. The number of pyridine rings is 1. The molecule has 0 saturated carbocycles. The first-order chi connectivity index (χ1) is 19.0. The summed E-state index contributed by atoms with van der Waals surface area (Å²) in [5.74, 6) is 0.694.